The number of guanidine groups is 1. The van der Waals surface area contributed by atoms with Gasteiger partial charge in [-0.25, -0.2) is 32.6 Å². The van der Waals surface area contributed by atoms with Crippen LogP contribution >= 0.6 is 11.6 Å². The number of benzene rings is 2. The number of amides is 1. The Morgan fingerprint density at radius 3 is 2.59 bits per heavy atom. The zero-order chi connectivity index (χ0) is 36.3. The summed E-state index contributed by atoms with van der Waals surface area (Å²) in [5.41, 5.74) is 7.37. The Morgan fingerprint density at radius 2 is 1.92 bits per heavy atom. The van der Waals surface area contributed by atoms with Crippen LogP contribution in [-0.4, -0.2) is 60.2 Å². The lowest BCUT2D eigenvalue weighted by atomic mass is 9.75. The number of aliphatic imine (C=N–C) groups is 1. The summed E-state index contributed by atoms with van der Waals surface area (Å²) in [6, 6.07) is 11.5. The monoisotopic (exact) mass is 723 g/mol. The third-order valence-corrected chi connectivity index (χ3v) is 10.00. The number of hydrogen-bond donors (Lipinski definition) is 2. The first-order valence-electron chi connectivity index (χ1n) is 17.0. The zero-order valence-electron chi connectivity index (χ0n) is 28.9. The summed E-state index contributed by atoms with van der Waals surface area (Å²) in [6.07, 6.45) is 3.72. The average molecular weight is 724 g/mol. The van der Waals surface area contributed by atoms with Gasteiger partial charge in [-0.05, 0) is 74.3 Å². The molecule has 11 nitrogen and oxygen atoms in total. The summed E-state index contributed by atoms with van der Waals surface area (Å²) < 4.78 is 52.8. The Balaban J connectivity index is 1.25. The van der Waals surface area contributed by atoms with Crippen LogP contribution in [0.3, 0.4) is 0 Å². The van der Waals surface area contributed by atoms with Crippen molar-refractivity contribution in [2.75, 3.05) is 13.2 Å². The third kappa shape index (κ3) is 7.28. The first-order chi connectivity index (χ1) is 24.1. The van der Waals surface area contributed by atoms with Crippen LogP contribution in [0.1, 0.15) is 95.3 Å². The van der Waals surface area contributed by atoms with E-state index in [-0.39, 0.29) is 40.8 Å². The largest absolute Gasteiger partial charge is 0.447 e. The molecule has 2 aliphatic carbocycles. The Morgan fingerprint density at radius 1 is 1.16 bits per heavy atom. The van der Waals surface area contributed by atoms with Crippen LogP contribution in [-0.2, 0) is 10.3 Å². The number of nitrogens with two attached hydrogens (primary N) is 1. The highest BCUT2D eigenvalue weighted by Gasteiger charge is 2.47. The molecular weight excluding hydrogens is 683 g/mol. The Hall–Kier alpha value is -4.59. The van der Waals surface area contributed by atoms with Gasteiger partial charge in [0.2, 0.25) is 0 Å². The molecule has 2 fully saturated rings. The lowest BCUT2D eigenvalue weighted by Gasteiger charge is -2.36. The maximum atomic E-state index is 16.4. The van der Waals surface area contributed by atoms with Gasteiger partial charge in [0.1, 0.15) is 24.3 Å². The molecule has 0 saturated heterocycles. The van der Waals surface area contributed by atoms with E-state index in [0.717, 1.165) is 36.7 Å². The number of nitrogens with zero attached hydrogens (tertiary/aromatic N) is 7. The molecule has 2 saturated carbocycles. The van der Waals surface area contributed by atoms with Gasteiger partial charge in [0.25, 0.3) is 6.43 Å². The zero-order valence-corrected chi connectivity index (χ0v) is 29.7. The Bertz CT molecular complexity index is 1980. The molecule has 51 heavy (non-hydrogen) atoms. The lowest BCUT2D eigenvalue weighted by Crippen LogP contribution is -2.44. The minimum Gasteiger partial charge on any atom is -0.447 e. The molecule has 2 aromatic heterocycles. The topological polar surface area (TPSA) is 128 Å². The van der Waals surface area contributed by atoms with E-state index < -0.39 is 35.7 Å². The summed E-state index contributed by atoms with van der Waals surface area (Å²) in [5.74, 6) is -0.913. The van der Waals surface area contributed by atoms with Crippen molar-refractivity contribution in [3.8, 4) is 16.9 Å². The number of alkyl halides is 2. The van der Waals surface area contributed by atoms with E-state index in [4.69, 9.17) is 27.1 Å². The van der Waals surface area contributed by atoms with Crippen molar-refractivity contribution in [1.82, 2.24) is 34.8 Å². The van der Waals surface area contributed by atoms with Crippen LogP contribution in [0.5, 0.6) is 0 Å². The summed E-state index contributed by atoms with van der Waals surface area (Å²) in [5, 5.41) is 11.7. The molecule has 4 aromatic rings. The lowest BCUT2D eigenvalue weighted by molar-refractivity contribution is 0.106. The molecule has 7 rings (SSSR count). The van der Waals surface area contributed by atoms with Crippen LogP contribution in [0.2, 0.25) is 5.02 Å². The van der Waals surface area contributed by atoms with Gasteiger partial charge in [-0.3, -0.25) is 4.68 Å². The fourth-order valence-electron chi connectivity index (χ4n) is 6.85. The summed E-state index contributed by atoms with van der Waals surface area (Å²) in [4.78, 5) is 23.4. The molecule has 1 aliphatic heterocycles. The van der Waals surface area contributed by atoms with Crippen molar-refractivity contribution in [1.29, 1.82) is 0 Å². The van der Waals surface area contributed by atoms with E-state index in [0.29, 0.717) is 34.8 Å². The number of carbonyl (C=O) groups is 1. The van der Waals surface area contributed by atoms with Crippen molar-refractivity contribution in [2.45, 2.75) is 89.4 Å². The van der Waals surface area contributed by atoms with Crippen molar-refractivity contribution < 1.29 is 22.7 Å². The summed E-state index contributed by atoms with van der Waals surface area (Å²) >= 11 is 6.52. The number of aromatic nitrogens is 5. The minimum atomic E-state index is -2.91. The minimum absolute atomic E-state index is 0.111. The first-order valence-corrected chi connectivity index (χ1v) is 17.4. The molecule has 1 amide bonds. The second-order valence-electron chi connectivity index (χ2n) is 15.3. The molecule has 2 atom stereocenters. The highest BCUT2D eigenvalue weighted by atomic mass is 35.5. The maximum Gasteiger partial charge on any atom is 0.407 e. The van der Waals surface area contributed by atoms with E-state index in [9.17, 15) is 13.6 Å². The molecule has 3 heterocycles. The van der Waals surface area contributed by atoms with Crippen molar-refractivity contribution in [3.05, 3.63) is 82.8 Å². The van der Waals surface area contributed by atoms with E-state index in [2.05, 4.69) is 20.5 Å². The Labute approximate surface area is 299 Å². The fraction of sp³-hybridized carbons (Fsp3) is 0.472. The van der Waals surface area contributed by atoms with E-state index >= 15 is 4.39 Å². The number of halogens is 4. The normalized spacial score (nSPS) is 20.4. The molecule has 3 N–H and O–H groups in total. The second kappa shape index (κ2) is 12.9. The van der Waals surface area contributed by atoms with Crippen molar-refractivity contribution >= 4 is 23.7 Å². The summed E-state index contributed by atoms with van der Waals surface area (Å²) in [6.45, 7) is 8.03. The number of nitrogens with one attached hydrogen (secondary N) is 1. The van der Waals surface area contributed by atoms with Crippen molar-refractivity contribution in [2.24, 2.45) is 16.1 Å². The molecule has 15 heteroatoms. The van der Waals surface area contributed by atoms with Crippen LogP contribution in [0.15, 0.2) is 60.0 Å². The number of alkyl carbamates (subject to hydrolysis) is 1. The second-order valence-corrected chi connectivity index (χ2v) is 15.7. The highest BCUT2D eigenvalue weighted by molar-refractivity contribution is 6.32. The van der Waals surface area contributed by atoms with Crippen LogP contribution in [0.4, 0.5) is 18.0 Å². The Kier molecular flexibility index (Phi) is 8.79. The van der Waals surface area contributed by atoms with Gasteiger partial charge >= 0.3 is 6.09 Å². The maximum absolute atomic E-state index is 16.4. The number of carbonyl (C=O) groups excluding carboxylic acids is 1. The van der Waals surface area contributed by atoms with Gasteiger partial charge in [0.05, 0.1) is 35.0 Å². The van der Waals surface area contributed by atoms with Gasteiger partial charge in [0.15, 0.2) is 11.8 Å². The number of ether oxygens (including phenoxy) is 1. The van der Waals surface area contributed by atoms with Gasteiger partial charge in [-0.1, -0.05) is 50.6 Å². The van der Waals surface area contributed by atoms with E-state index in [1.165, 1.54) is 6.07 Å². The molecule has 0 unspecified atom stereocenters. The third-order valence-electron chi connectivity index (χ3n) is 9.68. The quantitative estimate of drug-likeness (QED) is 0.164. The highest BCUT2D eigenvalue weighted by Crippen LogP contribution is 2.46. The first kappa shape index (κ1) is 34.8. The molecule has 2 aromatic carbocycles. The van der Waals surface area contributed by atoms with Crippen LogP contribution < -0.4 is 11.1 Å². The molecule has 0 spiro atoms. The molecule has 0 radical (unpaired) electrons. The van der Waals surface area contributed by atoms with E-state index in [1.54, 1.807) is 29.2 Å². The number of rotatable bonds is 11. The molecule has 270 valence electrons. The van der Waals surface area contributed by atoms with Gasteiger partial charge in [0, 0.05) is 22.9 Å². The van der Waals surface area contributed by atoms with Crippen molar-refractivity contribution in [3.63, 3.8) is 0 Å². The standard InChI is InChI=1S/C36H41ClF3N9O2/c1-34(2,3)18-36(24-9-5-21(15-26(24)38)27-11-14-48(46-27)23-7-8-23)19-47(32(41)44-36)29(17-51-33(50)45-35(4)12-13-35)22-6-10-25(37)28(16-22)49-31(30(39)40)42-20-43-49/h5-6,9-11,14-16,20,23,29-30H,7-8,12-13,17-19H2,1-4H3,(H2,41,44)(H,45,50)/t29-,36+/m1/s1. The SMILES string of the molecule is CC(C)(C)C[C@@]1(c2ccc(-c3ccn(C4CC4)n3)cc2F)CN([C@H](COC(=O)NC2(C)CC2)c2ccc(Cl)c(-n3ncnc3C(F)F)c2)C(N)=N1. The average Bonchev–Trinajstić information content (AvgIpc) is 3.85. The smallest absolute Gasteiger partial charge is 0.407 e. The van der Waals surface area contributed by atoms with E-state index in [1.807, 2.05) is 50.7 Å². The molecular formula is C36H41ClF3N9O2. The summed E-state index contributed by atoms with van der Waals surface area (Å²) in [7, 11) is 0. The molecule has 3 aliphatic rings. The van der Waals surface area contributed by atoms with Crippen LogP contribution in [0, 0.1) is 11.2 Å². The van der Waals surface area contributed by atoms with Crippen LogP contribution in [0.25, 0.3) is 16.9 Å². The number of hydrogen-bond acceptors (Lipinski definition) is 8. The van der Waals surface area contributed by atoms with Gasteiger partial charge in [-0.2, -0.15) is 10.2 Å². The fourth-order valence-corrected chi connectivity index (χ4v) is 7.05. The van der Waals surface area contributed by atoms with Gasteiger partial charge in [-0.15, -0.1) is 0 Å². The predicted octanol–water partition coefficient (Wildman–Crippen LogP) is 7.48. The predicted molar refractivity (Wildman–Crippen MR) is 186 cm³/mol. The van der Waals surface area contributed by atoms with Gasteiger partial charge < -0.3 is 20.7 Å². The molecule has 0 bridgehead atoms.